The predicted molar refractivity (Wildman–Crippen MR) is 251 cm³/mol. The second kappa shape index (κ2) is 20.8. The number of likely N-dealkylation sites (tertiary alicyclic amines) is 1. The van der Waals surface area contributed by atoms with Gasteiger partial charge >= 0.3 is 0 Å². The van der Waals surface area contributed by atoms with Crippen LogP contribution in [0.15, 0.2) is 41.1 Å². The number of hydrogen-bond acceptors (Lipinski definition) is 16. The first-order chi connectivity index (χ1) is 31.6. The number of nitrogens with two attached hydrogens (primary N) is 2. The smallest absolute Gasteiger partial charge is 0.254 e. The fourth-order valence-electron chi connectivity index (χ4n) is 9.33. The number of rotatable bonds is 15. The summed E-state index contributed by atoms with van der Waals surface area (Å²) in [7, 11) is 0. The maximum Gasteiger partial charge on any atom is 0.254 e. The summed E-state index contributed by atoms with van der Waals surface area (Å²) in [6.45, 7) is 11.6. The molecule has 1 unspecified atom stereocenters. The maximum atomic E-state index is 14.0. The van der Waals surface area contributed by atoms with Crippen molar-refractivity contribution in [3.63, 3.8) is 0 Å². The molecule has 0 radical (unpaired) electrons. The first-order valence-corrected chi connectivity index (χ1v) is 23.7. The quantitative estimate of drug-likeness (QED) is 0.0535. The molecular weight excluding hydrogens is 884 g/mol. The predicted octanol–water partition coefficient (Wildman–Crippen LogP) is 4.73. The summed E-state index contributed by atoms with van der Waals surface area (Å²) in [6, 6.07) is 9.36. The Labute approximate surface area is 393 Å². The Balaban J connectivity index is 0.870. The van der Waals surface area contributed by atoms with Gasteiger partial charge in [-0.3, -0.25) is 19.8 Å². The zero-order chi connectivity index (χ0) is 47.3. The van der Waals surface area contributed by atoms with Crippen LogP contribution in [0.1, 0.15) is 105 Å². The highest BCUT2D eigenvalue weighted by molar-refractivity contribution is 7.16. The molecule has 5 heterocycles. The van der Waals surface area contributed by atoms with Crippen LogP contribution in [0.4, 0.5) is 16.6 Å². The molecule has 18 nitrogen and oxygen atoms in total. The number of thiophene rings is 1. The van der Waals surface area contributed by atoms with E-state index >= 15 is 0 Å². The molecule has 0 bridgehead atoms. The molecule has 0 saturated carbocycles. The average molecular weight is 944 g/mol. The minimum atomic E-state index is -0.900. The third-order valence-electron chi connectivity index (χ3n) is 12.9. The number of aliphatic hydroxyl groups is 1. The number of amidine groups is 1. The van der Waals surface area contributed by atoms with Crippen LogP contribution >= 0.6 is 22.9 Å². The molecule has 4 aromatic rings. The van der Waals surface area contributed by atoms with Crippen molar-refractivity contribution in [1.82, 2.24) is 35.6 Å². The van der Waals surface area contributed by atoms with Crippen LogP contribution in [-0.2, 0) is 32.8 Å². The molecule has 2 aliphatic heterocycles. The molecule has 2 saturated heterocycles. The molecule has 3 amide bonds. The van der Waals surface area contributed by atoms with Gasteiger partial charge in [0, 0.05) is 61.3 Å². The minimum absolute atomic E-state index is 0.00638. The number of nitrogens with one attached hydrogen (secondary N) is 3. The first kappa shape index (κ1) is 48.1. The Bertz CT molecular complexity index is 2470. The Kier molecular flexibility index (Phi) is 15.2. The summed E-state index contributed by atoms with van der Waals surface area (Å²) >= 11 is 7.59. The number of carbonyl (C=O) groups is 3. The van der Waals surface area contributed by atoms with Gasteiger partial charge in [-0.05, 0) is 100 Å². The zero-order valence-electron chi connectivity index (χ0n) is 37.8. The number of aryl methyl sites for hydroxylation is 1. The lowest BCUT2D eigenvalue weighted by Gasteiger charge is -2.33. The monoisotopic (exact) mass is 942 g/mol. The molecule has 8 N–H and O–H groups in total. The van der Waals surface area contributed by atoms with Crippen molar-refractivity contribution in [2.45, 2.75) is 109 Å². The number of amides is 3. The molecule has 352 valence electrons. The first-order valence-electron chi connectivity index (χ1n) is 22.5. The number of halogens is 1. The Morgan fingerprint density at radius 2 is 1.97 bits per heavy atom. The van der Waals surface area contributed by atoms with Gasteiger partial charge in [-0.15, -0.1) is 11.3 Å². The van der Waals surface area contributed by atoms with Gasteiger partial charge in [-0.2, -0.15) is 5.26 Å². The molecule has 3 aliphatic rings. The minimum Gasteiger partial charge on any atom is -0.476 e. The fourth-order valence-corrected chi connectivity index (χ4v) is 10.7. The van der Waals surface area contributed by atoms with Gasteiger partial charge in [0.2, 0.25) is 23.7 Å². The van der Waals surface area contributed by atoms with Crippen molar-refractivity contribution < 1.29 is 28.8 Å². The number of nitriles is 1. The molecule has 1 aromatic carbocycles. The Hall–Kier alpha value is -5.81. The maximum absolute atomic E-state index is 14.0. The summed E-state index contributed by atoms with van der Waals surface area (Å²) in [6.07, 6.45) is 5.63. The molecule has 7 rings (SSSR count). The van der Waals surface area contributed by atoms with E-state index in [4.69, 9.17) is 48.0 Å². The van der Waals surface area contributed by atoms with Crippen molar-refractivity contribution in [3.05, 3.63) is 74.6 Å². The molecule has 3 aromatic heterocycles. The number of nitrogens with zero attached hydrogens (tertiary/aromatic N) is 7. The van der Waals surface area contributed by atoms with E-state index in [-0.39, 0.29) is 60.0 Å². The van der Waals surface area contributed by atoms with Crippen molar-refractivity contribution >= 4 is 63.1 Å². The topological polar surface area (TPSA) is 266 Å². The number of anilines is 3. The standard InChI is InChI=1S/C46H59ClN12O6S/c1-26(2)37(43(62)59-25-30(60)20-33(59)42(61)53-23-28-10-11-29(22-48)31(47)19-28)34-21-36(56-65-34)64-18-6-5-15-57-16-8-17-58(27(3)24-57)45-52-14-12-32(54-45)40(50)55-44(63)46(4)13-7-9-35-38(46)39(49)41(51)66-35/h10-12,14,19,21,26-27,30,33,37,60H,5-9,13,15-18,20,23-25,49,51H2,1-4H3,(H,53,61)(H2,50,55,63)/t27-,30+,33-,37?,46-/m0/s1. The van der Waals surface area contributed by atoms with Crippen LogP contribution in [-0.4, -0.2) is 111 Å². The third kappa shape index (κ3) is 10.6. The second-order valence-electron chi connectivity index (χ2n) is 18.0. The number of nitrogen functional groups attached to an aromatic ring is 2. The largest absolute Gasteiger partial charge is 0.476 e. The summed E-state index contributed by atoms with van der Waals surface area (Å²) in [4.78, 5) is 57.4. The van der Waals surface area contributed by atoms with Crippen LogP contribution in [0, 0.1) is 22.7 Å². The van der Waals surface area contributed by atoms with Gasteiger partial charge in [0.15, 0.2) is 11.6 Å². The Morgan fingerprint density at radius 1 is 1.17 bits per heavy atom. The van der Waals surface area contributed by atoms with E-state index in [1.165, 1.54) is 16.2 Å². The number of hydrogen-bond donors (Lipinski definition) is 6. The molecule has 5 atom stereocenters. The molecular formula is C46H59ClN12O6S. The number of unbranched alkanes of at least 4 members (excludes halogenated alkanes) is 1. The van der Waals surface area contributed by atoms with Crippen LogP contribution < -0.4 is 31.7 Å². The lowest BCUT2D eigenvalue weighted by atomic mass is 9.72. The van der Waals surface area contributed by atoms with E-state index in [1.807, 2.05) is 26.8 Å². The van der Waals surface area contributed by atoms with Gasteiger partial charge in [-0.1, -0.05) is 31.5 Å². The van der Waals surface area contributed by atoms with Crippen molar-refractivity contribution in [2.24, 2.45) is 5.92 Å². The number of ether oxygens (including phenoxy) is 1. The van der Waals surface area contributed by atoms with Crippen molar-refractivity contribution in [3.8, 4) is 11.9 Å². The lowest BCUT2D eigenvalue weighted by Crippen LogP contribution is -2.48. The average Bonchev–Trinajstić information content (AvgIpc) is 3.96. The third-order valence-corrected chi connectivity index (χ3v) is 14.3. The van der Waals surface area contributed by atoms with Crippen LogP contribution in [0.25, 0.3) is 0 Å². The van der Waals surface area contributed by atoms with Gasteiger partial charge in [0.25, 0.3) is 5.88 Å². The number of carbonyl (C=O) groups excluding carboxylic acids is 3. The van der Waals surface area contributed by atoms with E-state index in [1.54, 1.807) is 36.5 Å². The number of fused-ring (bicyclic) bond motifs is 1. The SMILES string of the molecule is CC(C)C(C(=O)N1C[C@H](O)C[C@H]1C(=O)NCc1ccc(C#N)c(Cl)c1)c1cc(OCCCCN2CCCN(c3nccc(C(=N)NC(=O)[C@@]4(C)CCCc5sc(N)c(N)c54)n3)[C@@H](C)C2)no1. The highest BCUT2D eigenvalue weighted by Crippen LogP contribution is 2.47. The van der Waals surface area contributed by atoms with Gasteiger partial charge in [0.1, 0.15) is 28.7 Å². The van der Waals surface area contributed by atoms with Crippen molar-refractivity contribution in [2.75, 3.05) is 55.7 Å². The van der Waals surface area contributed by atoms with Gasteiger partial charge in [0.05, 0.1) is 34.4 Å². The number of β-amino-alcohol motifs (C(OH)–C–C–N with tert-alkyl or cyclic N) is 1. The highest BCUT2D eigenvalue weighted by atomic mass is 35.5. The van der Waals surface area contributed by atoms with E-state index in [0.29, 0.717) is 52.2 Å². The lowest BCUT2D eigenvalue weighted by molar-refractivity contribution is -0.141. The second-order valence-corrected chi connectivity index (χ2v) is 19.6. The van der Waals surface area contributed by atoms with Crippen LogP contribution in [0.5, 0.6) is 5.88 Å². The van der Waals surface area contributed by atoms with Crippen LogP contribution in [0.2, 0.25) is 5.02 Å². The highest BCUT2D eigenvalue weighted by Gasteiger charge is 2.44. The molecule has 2 fully saturated rings. The summed E-state index contributed by atoms with van der Waals surface area (Å²) in [5, 5.41) is 39.1. The zero-order valence-corrected chi connectivity index (χ0v) is 39.4. The van der Waals surface area contributed by atoms with Crippen molar-refractivity contribution in [1.29, 1.82) is 10.7 Å². The molecule has 0 spiro atoms. The van der Waals surface area contributed by atoms with E-state index < -0.39 is 29.4 Å². The normalized spacial score (nSPS) is 21.5. The van der Waals surface area contributed by atoms with Crippen LogP contribution in [0.3, 0.4) is 0 Å². The molecule has 20 heteroatoms. The van der Waals surface area contributed by atoms with Gasteiger partial charge in [-0.25, -0.2) is 9.97 Å². The fraction of sp³-hybridized carbons (Fsp3) is 0.522. The molecule has 66 heavy (non-hydrogen) atoms. The summed E-state index contributed by atoms with van der Waals surface area (Å²) in [5.74, 6) is -1.03. The van der Waals surface area contributed by atoms with E-state index in [9.17, 15) is 19.5 Å². The van der Waals surface area contributed by atoms with E-state index in [2.05, 4.69) is 37.5 Å². The molecule has 1 aliphatic carbocycles. The Morgan fingerprint density at radius 3 is 2.73 bits per heavy atom. The number of aliphatic hydroxyl groups excluding tert-OH is 1. The number of benzene rings is 1. The summed E-state index contributed by atoms with van der Waals surface area (Å²) < 4.78 is 11.6. The van der Waals surface area contributed by atoms with Gasteiger partial charge < -0.3 is 51.2 Å². The number of aromatic nitrogens is 3. The van der Waals surface area contributed by atoms with E-state index in [0.717, 1.165) is 68.7 Å². The summed E-state index contributed by atoms with van der Waals surface area (Å²) in [5.41, 5.74) is 14.2.